The number of hydrogen-bond donors (Lipinski definition) is 1. The Bertz CT molecular complexity index is 613. The maximum atomic E-state index is 8.79. The normalized spacial score (nSPS) is 10.6. The third-order valence-electron chi connectivity index (χ3n) is 3.18. The lowest BCUT2D eigenvalue weighted by molar-refractivity contribution is 0.689. The zero-order valence-corrected chi connectivity index (χ0v) is 11.3. The molecule has 0 spiro atoms. The Morgan fingerprint density at radius 2 is 2.16 bits per heavy atom. The number of anilines is 2. The van der Waals surface area contributed by atoms with Crippen LogP contribution in [-0.4, -0.2) is 17.6 Å². The molecule has 0 aliphatic heterocycles. The summed E-state index contributed by atoms with van der Waals surface area (Å²) in [6, 6.07) is 10.3. The lowest BCUT2D eigenvalue weighted by Gasteiger charge is -2.29. The number of rotatable bonds is 4. The molecule has 2 aromatic rings. The van der Waals surface area contributed by atoms with Crippen molar-refractivity contribution in [2.75, 3.05) is 17.2 Å². The van der Waals surface area contributed by atoms with Gasteiger partial charge in [0.05, 0.1) is 23.7 Å². The molecule has 0 saturated heterocycles. The van der Waals surface area contributed by atoms with Gasteiger partial charge in [0.1, 0.15) is 0 Å². The number of aromatic nitrogens is 1. The zero-order valence-electron chi connectivity index (χ0n) is 11.3. The summed E-state index contributed by atoms with van der Waals surface area (Å²) < 4.78 is 0. The van der Waals surface area contributed by atoms with Crippen molar-refractivity contribution in [1.29, 1.82) is 5.26 Å². The second-order valence-corrected chi connectivity index (χ2v) is 4.77. The third kappa shape index (κ3) is 2.60. The number of nitrogens with zero attached hydrogens (tertiary/aromatic N) is 3. The molecule has 2 N–H and O–H groups in total. The summed E-state index contributed by atoms with van der Waals surface area (Å²) in [5.74, 6) is 0. The van der Waals surface area contributed by atoms with Crippen LogP contribution in [0.15, 0.2) is 30.5 Å². The molecule has 0 saturated carbocycles. The van der Waals surface area contributed by atoms with E-state index in [1.165, 1.54) is 0 Å². The molecule has 98 valence electrons. The Labute approximate surface area is 113 Å². The smallest absolute Gasteiger partial charge is 0.0951 e. The number of nitriles is 1. The maximum Gasteiger partial charge on any atom is 0.0951 e. The van der Waals surface area contributed by atoms with Crippen LogP contribution in [0.3, 0.4) is 0 Å². The van der Waals surface area contributed by atoms with E-state index < -0.39 is 0 Å². The van der Waals surface area contributed by atoms with E-state index in [1.807, 2.05) is 24.3 Å². The Morgan fingerprint density at radius 3 is 2.84 bits per heavy atom. The van der Waals surface area contributed by atoms with Crippen molar-refractivity contribution < 1.29 is 0 Å². The van der Waals surface area contributed by atoms with E-state index in [1.54, 1.807) is 6.20 Å². The average Bonchev–Trinajstić information content (AvgIpc) is 2.41. The molecule has 0 unspecified atom stereocenters. The van der Waals surface area contributed by atoms with Crippen LogP contribution in [0.25, 0.3) is 10.9 Å². The lowest BCUT2D eigenvalue weighted by Crippen LogP contribution is -2.31. The molecule has 0 fully saturated rings. The van der Waals surface area contributed by atoms with Crippen molar-refractivity contribution in [3.05, 3.63) is 30.5 Å². The average molecular weight is 254 g/mol. The minimum Gasteiger partial charge on any atom is -0.397 e. The summed E-state index contributed by atoms with van der Waals surface area (Å²) in [5, 5.41) is 9.83. The predicted molar refractivity (Wildman–Crippen MR) is 78.9 cm³/mol. The first-order chi connectivity index (χ1) is 9.15. The van der Waals surface area contributed by atoms with E-state index in [2.05, 4.69) is 29.8 Å². The maximum absolute atomic E-state index is 8.79. The van der Waals surface area contributed by atoms with Gasteiger partial charge in [-0.2, -0.15) is 5.26 Å². The Morgan fingerprint density at radius 1 is 1.37 bits per heavy atom. The van der Waals surface area contributed by atoms with E-state index in [-0.39, 0.29) is 0 Å². The first kappa shape index (κ1) is 13.2. The van der Waals surface area contributed by atoms with E-state index in [0.717, 1.165) is 16.6 Å². The summed E-state index contributed by atoms with van der Waals surface area (Å²) in [5.41, 5.74) is 8.56. The summed E-state index contributed by atoms with van der Waals surface area (Å²) in [6.45, 7) is 4.95. The van der Waals surface area contributed by atoms with Crippen LogP contribution in [0.1, 0.15) is 20.3 Å². The molecule has 0 aliphatic rings. The van der Waals surface area contributed by atoms with E-state index >= 15 is 0 Å². The topological polar surface area (TPSA) is 65.9 Å². The van der Waals surface area contributed by atoms with Crippen molar-refractivity contribution in [2.24, 2.45) is 0 Å². The number of pyridine rings is 1. The van der Waals surface area contributed by atoms with Gasteiger partial charge in [-0.15, -0.1) is 0 Å². The van der Waals surface area contributed by atoms with Gasteiger partial charge in [-0.1, -0.05) is 0 Å². The van der Waals surface area contributed by atoms with Crippen LogP contribution in [0.2, 0.25) is 0 Å². The van der Waals surface area contributed by atoms with E-state index in [0.29, 0.717) is 24.7 Å². The van der Waals surface area contributed by atoms with Crippen LogP contribution in [0.4, 0.5) is 11.4 Å². The minimum absolute atomic E-state index is 0.320. The van der Waals surface area contributed by atoms with E-state index in [4.69, 9.17) is 11.0 Å². The van der Waals surface area contributed by atoms with Gasteiger partial charge in [0, 0.05) is 29.9 Å². The van der Waals surface area contributed by atoms with Crippen LogP contribution in [0, 0.1) is 11.3 Å². The highest BCUT2D eigenvalue weighted by Crippen LogP contribution is 2.30. The highest BCUT2D eigenvalue weighted by molar-refractivity contribution is 5.98. The molecule has 4 heteroatoms. The molecule has 1 aromatic heterocycles. The van der Waals surface area contributed by atoms with Gasteiger partial charge in [-0.05, 0) is 38.1 Å². The first-order valence-electron chi connectivity index (χ1n) is 6.42. The summed E-state index contributed by atoms with van der Waals surface area (Å²) in [4.78, 5) is 6.56. The van der Waals surface area contributed by atoms with Crippen molar-refractivity contribution in [2.45, 2.75) is 26.3 Å². The number of hydrogen-bond acceptors (Lipinski definition) is 4. The largest absolute Gasteiger partial charge is 0.397 e. The molecule has 0 bridgehead atoms. The van der Waals surface area contributed by atoms with Gasteiger partial charge in [0.15, 0.2) is 0 Å². The fourth-order valence-corrected chi connectivity index (χ4v) is 2.26. The molecular weight excluding hydrogens is 236 g/mol. The van der Waals surface area contributed by atoms with E-state index in [9.17, 15) is 0 Å². The third-order valence-corrected chi connectivity index (χ3v) is 3.18. The van der Waals surface area contributed by atoms with Crippen LogP contribution in [-0.2, 0) is 0 Å². The fraction of sp³-hybridized carbons (Fsp3) is 0.333. The minimum atomic E-state index is 0.320. The van der Waals surface area contributed by atoms with Gasteiger partial charge >= 0.3 is 0 Å². The lowest BCUT2D eigenvalue weighted by atomic mass is 10.1. The molecule has 1 aromatic carbocycles. The Kier molecular flexibility index (Phi) is 3.86. The summed E-state index contributed by atoms with van der Waals surface area (Å²) >= 11 is 0. The standard InChI is InChI=1S/C15H18N4/c1-11(2)19(10-4-8-16)14-7-6-13(17)15-12(14)5-3-9-18-15/h3,5-7,9,11H,4,10,17H2,1-2H3. The number of benzene rings is 1. The molecule has 0 atom stereocenters. The van der Waals surface area contributed by atoms with Crippen molar-refractivity contribution in [3.63, 3.8) is 0 Å². The van der Waals surface area contributed by atoms with Gasteiger partial charge in [-0.3, -0.25) is 4.98 Å². The van der Waals surface area contributed by atoms with Crippen LogP contribution >= 0.6 is 0 Å². The summed E-state index contributed by atoms with van der Waals surface area (Å²) in [7, 11) is 0. The zero-order chi connectivity index (χ0) is 13.8. The second kappa shape index (κ2) is 5.57. The molecule has 1 heterocycles. The highest BCUT2D eigenvalue weighted by atomic mass is 15.1. The van der Waals surface area contributed by atoms with Crippen LogP contribution in [0.5, 0.6) is 0 Å². The van der Waals surface area contributed by atoms with Gasteiger partial charge in [0.2, 0.25) is 0 Å². The molecule has 2 rings (SSSR count). The molecule has 0 amide bonds. The molecule has 19 heavy (non-hydrogen) atoms. The fourth-order valence-electron chi connectivity index (χ4n) is 2.26. The molecular formula is C15H18N4. The molecule has 4 nitrogen and oxygen atoms in total. The molecule has 0 radical (unpaired) electrons. The predicted octanol–water partition coefficient (Wildman–Crippen LogP) is 2.95. The van der Waals surface area contributed by atoms with Gasteiger partial charge in [0.25, 0.3) is 0 Å². The molecule has 0 aliphatic carbocycles. The van der Waals surface area contributed by atoms with Crippen LogP contribution < -0.4 is 10.6 Å². The highest BCUT2D eigenvalue weighted by Gasteiger charge is 2.14. The Hall–Kier alpha value is -2.28. The van der Waals surface area contributed by atoms with Crippen molar-refractivity contribution in [3.8, 4) is 6.07 Å². The number of nitrogen functional groups attached to an aromatic ring is 1. The SMILES string of the molecule is CC(C)N(CCC#N)c1ccc(N)c2ncccc12. The summed E-state index contributed by atoms with van der Waals surface area (Å²) in [6.07, 6.45) is 2.25. The number of nitrogens with two attached hydrogens (primary N) is 1. The quantitative estimate of drug-likeness (QED) is 0.852. The van der Waals surface area contributed by atoms with Crippen molar-refractivity contribution >= 4 is 22.3 Å². The van der Waals surface area contributed by atoms with Gasteiger partial charge in [-0.25, -0.2) is 0 Å². The van der Waals surface area contributed by atoms with Gasteiger partial charge < -0.3 is 10.6 Å². The second-order valence-electron chi connectivity index (χ2n) is 4.77. The monoisotopic (exact) mass is 254 g/mol. The number of fused-ring (bicyclic) bond motifs is 1. The first-order valence-corrected chi connectivity index (χ1v) is 6.42. The Balaban J connectivity index is 2.54. The van der Waals surface area contributed by atoms with Crippen molar-refractivity contribution in [1.82, 2.24) is 4.98 Å².